The third-order valence-electron chi connectivity index (χ3n) is 2.43. The molecule has 1 aromatic heterocycles. The molecule has 16 heavy (non-hydrogen) atoms. The first-order valence-electron chi connectivity index (χ1n) is 4.60. The number of hydrogen-bond donors (Lipinski definition) is 3. The van der Waals surface area contributed by atoms with Crippen molar-refractivity contribution in [2.75, 3.05) is 0 Å². The van der Waals surface area contributed by atoms with Crippen LogP contribution in [-0.2, 0) is 0 Å². The van der Waals surface area contributed by atoms with Crippen LogP contribution in [-0.4, -0.2) is 21.2 Å². The van der Waals surface area contributed by atoms with Crippen LogP contribution in [0.5, 0.6) is 5.75 Å². The molecule has 0 bridgehead atoms. The van der Waals surface area contributed by atoms with Gasteiger partial charge in [-0.1, -0.05) is 12.1 Å². The third-order valence-corrected chi connectivity index (χ3v) is 2.43. The van der Waals surface area contributed by atoms with Crippen LogP contribution >= 0.6 is 0 Å². The van der Waals surface area contributed by atoms with Crippen LogP contribution in [0.4, 0.5) is 0 Å². The first kappa shape index (κ1) is 10.2. The standard InChI is InChI=1S/C11H9NO4/c1-5-3-2-4-6-7(5)12-8(11(15)16)10(14)9(6)13/h2-4,14H,1H3,(H,12,13)(H,15,16). The predicted octanol–water partition coefficient (Wildman–Crippen LogP) is 1.24. The summed E-state index contributed by atoms with van der Waals surface area (Å²) in [7, 11) is 0. The summed E-state index contributed by atoms with van der Waals surface area (Å²) in [6.07, 6.45) is 0. The molecule has 1 aromatic carbocycles. The van der Waals surface area contributed by atoms with Gasteiger partial charge in [0.25, 0.3) is 0 Å². The molecular formula is C11H9NO4. The van der Waals surface area contributed by atoms with E-state index in [0.29, 0.717) is 5.52 Å². The van der Waals surface area contributed by atoms with Crippen LogP contribution in [0, 0.1) is 6.92 Å². The van der Waals surface area contributed by atoms with Crippen LogP contribution in [0.1, 0.15) is 16.1 Å². The predicted molar refractivity (Wildman–Crippen MR) is 57.9 cm³/mol. The number of para-hydroxylation sites is 1. The van der Waals surface area contributed by atoms with Gasteiger partial charge in [0.1, 0.15) is 0 Å². The Hall–Kier alpha value is -2.30. The number of aromatic nitrogens is 1. The lowest BCUT2D eigenvalue weighted by atomic mass is 10.1. The molecule has 0 aliphatic rings. The van der Waals surface area contributed by atoms with E-state index >= 15 is 0 Å². The maximum Gasteiger partial charge on any atom is 0.356 e. The molecular weight excluding hydrogens is 210 g/mol. The number of pyridine rings is 1. The molecule has 82 valence electrons. The van der Waals surface area contributed by atoms with Crippen LogP contribution in [0.2, 0.25) is 0 Å². The molecule has 0 atom stereocenters. The molecule has 0 saturated heterocycles. The van der Waals surface area contributed by atoms with Crippen molar-refractivity contribution in [1.82, 2.24) is 4.98 Å². The quantitative estimate of drug-likeness (QED) is 0.673. The van der Waals surface area contributed by atoms with E-state index in [4.69, 9.17) is 5.11 Å². The maximum absolute atomic E-state index is 11.7. The summed E-state index contributed by atoms with van der Waals surface area (Å²) in [4.78, 5) is 25.0. The molecule has 2 aromatic rings. The van der Waals surface area contributed by atoms with Gasteiger partial charge in [0, 0.05) is 5.39 Å². The third kappa shape index (κ3) is 1.33. The minimum absolute atomic E-state index is 0.280. The second-order valence-corrected chi connectivity index (χ2v) is 3.48. The van der Waals surface area contributed by atoms with Crippen LogP contribution in [0.25, 0.3) is 10.9 Å². The van der Waals surface area contributed by atoms with E-state index in [2.05, 4.69) is 4.98 Å². The number of carbonyl (C=O) groups is 1. The molecule has 5 nitrogen and oxygen atoms in total. The Morgan fingerprint density at radius 3 is 2.69 bits per heavy atom. The molecule has 0 aliphatic carbocycles. The van der Waals surface area contributed by atoms with E-state index in [0.717, 1.165) is 5.56 Å². The number of H-pyrrole nitrogens is 1. The number of rotatable bonds is 1. The molecule has 0 saturated carbocycles. The van der Waals surface area contributed by atoms with Crippen LogP contribution < -0.4 is 5.43 Å². The largest absolute Gasteiger partial charge is 0.502 e. The van der Waals surface area contributed by atoms with E-state index in [9.17, 15) is 14.7 Å². The Morgan fingerprint density at radius 2 is 2.06 bits per heavy atom. The van der Waals surface area contributed by atoms with Crippen molar-refractivity contribution in [3.63, 3.8) is 0 Å². The van der Waals surface area contributed by atoms with Crippen molar-refractivity contribution in [3.8, 4) is 5.75 Å². The first-order chi connectivity index (χ1) is 7.52. The van der Waals surface area contributed by atoms with Gasteiger partial charge in [0.2, 0.25) is 5.43 Å². The van der Waals surface area contributed by atoms with Gasteiger partial charge in [-0.15, -0.1) is 0 Å². The highest BCUT2D eigenvalue weighted by molar-refractivity contribution is 5.93. The lowest BCUT2D eigenvalue weighted by molar-refractivity contribution is 0.0687. The van der Waals surface area contributed by atoms with Crippen molar-refractivity contribution in [2.24, 2.45) is 0 Å². The van der Waals surface area contributed by atoms with Crippen molar-refractivity contribution >= 4 is 16.9 Å². The van der Waals surface area contributed by atoms with E-state index in [1.54, 1.807) is 19.1 Å². The number of benzene rings is 1. The van der Waals surface area contributed by atoms with Gasteiger partial charge in [0.05, 0.1) is 5.52 Å². The van der Waals surface area contributed by atoms with Gasteiger partial charge in [-0.25, -0.2) is 4.79 Å². The number of carboxylic acids is 1. The van der Waals surface area contributed by atoms with Crippen molar-refractivity contribution < 1.29 is 15.0 Å². The van der Waals surface area contributed by atoms with Crippen molar-refractivity contribution in [3.05, 3.63) is 39.7 Å². The zero-order valence-electron chi connectivity index (χ0n) is 8.44. The summed E-state index contributed by atoms with van der Waals surface area (Å²) in [5.41, 5.74) is 0.0291. The van der Waals surface area contributed by atoms with E-state index in [-0.39, 0.29) is 5.39 Å². The van der Waals surface area contributed by atoms with Gasteiger partial charge in [-0.05, 0) is 18.6 Å². The molecule has 0 fully saturated rings. The van der Waals surface area contributed by atoms with Gasteiger partial charge in [-0.2, -0.15) is 0 Å². The van der Waals surface area contributed by atoms with Crippen LogP contribution in [0.3, 0.4) is 0 Å². The average Bonchev–Trinajstić information content (AvgIpc) is 2.23. The number of aryl methyl sites for hydroxylation is 1. The number of aromatic carboxylic acids is 1. The van der Waals surface area contributed by atoms with Gasteiger partial charge in [0.15, 0.2) is 11.4 Å². The summed E-state index contributed by atoms with van der Waals surface area (Å²) in [5, 5.41) is 18.5. The summed E-state index contributed by atoms with van der Waals surface area (Å²) in [5.74, 6) is -2.12. The number of aromatic amines is 1. The average molecular weight is 219 g/mol. The fourth-order valence-electron chi connectivity index (χ4n) is 1.60. The molecule has 5 heteroatoms. The number of aromatic hydroxyl groups is 1. The first-order valence-corrected chi connectivity index (χ1v) is 4.60. The Kier molecular flexibility index (Phi) is 2.16. The Balaban J connectivity index is 3.01. The molecule has 1 heterocycles. The summed E-state index contributed by atoms with van der Waals surface area (Å²) in [6.45, 7) is 1.75. The minimum Gasteiger partial charge on any atom is -0.502 e. The second-order valence-electron chi connectivity index (χ2n) is 3.48. The highest BCUT2D eigenvalue weighted by atomic mass is 16.4. The van der Waals surface area contributed by atoms with Gasteiger partial charge in [-0.3, -0.25) is 4.79 Å². The number of fused-ring (bicyclic) bond motifs is 1. The smallest absolute Gasteiger partial charge is 0.356 e. The molecule has 0 unspecified atom stereocenters. The van der Waals surface area contributed by atoms with Crippen LogP contribution in [0.15, 0.2) is 23.0 Å². The normalized spacial score (nSPS) is 10.6. The zero-order valence-corrected chi connectivity index (χ0v) is 8.44. The number of carboxylic acid groups (broad SMARTS) is 1. The summed E-state index contributed by atoms with van der Waals surface area (Å²) < 4.78 is 0. The summed E-state index contributed by atoms with van der Waals surface area (Å²) in [6, 6.07) is 4.96. The highest BCUT2D eigenvalue weighted by Crippen LogP contribution is 2.18. The van der Waals surface area contributed by atoms with Gasteiger partial charge < -0.3 is 15.2 Å². The Morgan fingerprint density at radius 1 is 1.38 bits per heavy atom. The lowest BCUT2D eigenvalue weighted by Gasteiger charge is -2.05. The summed E-state index contributed by atoms with van der Waals surface area (Å²) >= 11 is 0. The van der Waals surface area contributed by atoms with Crippen molar-refractivity contribution in [1.29, 1.82) is 0 Å². The van der Waals surface area contributed by atoms with E-state index in [1.165, 1.54) is 6.07 Å². The fraction of sp³-hybridized carbons (Fsp3) is 0.0909. The molecule has 2 rings (SSSR count). The zero-order chi connectivity index (χ0) is 11.9. The fourth-order valence-corrected chi connectivity index (χ4v) is 1.60. The maximum atomic E-state index is 11.7. The SMILES string of the molecule is Cc1cccc2c(=O)c(O)c(C(=O)O)[nH]c12. The van der Waals surface area contributed by atoms with Crippen molar-refractivity contribution in [2.45, 2.75) is 6.92 Å². The monoisotopic (exact) mass is 219 g/mol. The minimum atomic E-state index is -1.36. The molecule has 0 amide bonds. The molecule has 0 spiro atoms. The second kappa shape index (κ2) is 3.37. The Bertz CT molecular complexity index is 642. The Labute approximate surface area is 90.0 Å². The molecule has 0 aliphatic heterocycles. The number of hydrogen-bond acceptors (Lipinski definition) is 3. The topological polar surface area (TPSA) is 90.4 Å². The lowest BCUT2D eigenvalue weighted by Crippen LogP contribution is -2.11. The van der Waals surface area contributed by atoms with E-state index < -0.39 is 22.8 Å². The molecule has 3 N–H and O–H groups in total. The number of nitrogens with one attached hydrogen (secondary N) is 1. The van der Waals surface area contributed by atoms with Gasteiger partial charge >= 0.3 is 5.97 Å². The highest BCUT2D eigenvalue weighted by Gasteiger charge is 2.16. The van der Waals surface area contributed by atoms with E-state index in [1.807, 2.05) is 0 Å². The molecule has 0 radical (unpaired) electrons.